The summed E-state index contributed by atoms with van der Waals surface area (Å²) in [6.45, 7) is 5.88. The molecule has 1 aromatic carbocycles. The van der Waals surface area contributed by atoms with E-state index in [9.17, 15) is 4.79 Å². The van der Waals surface area contributed by atoms with E-state index in [1.165, 1.54) is 0 Å². The van der Waals surface area contributed by atoms with Gasteiger partial charge in [0.2, 0.25) is 5.91 Å². The van der Waals surface area contributed by atoms with Crippen molar-refractivity contribution in [1.82, 2.24) is 14.8 Å². The molecule has 134 valence electrons. The van der Waals surface area contributed by atoms with E-state index in [1.807, 2.05) is 24.3 Å². The van der Waals surface area contributed by atoms with Crippen molar-refractivity contribution >= 4 is 17.0 Å². The predicted molar refractivity (Wildman–Crippen MR) is 97.5 cm³/mol. The Hall–Kier alpha value is -1.88. The summed E-state index contributed by atoms with van der Waals surface area (Å²) in [5.41, 5.74) is 1.75. The van der Waals surface area contributed by atoms with Crippen molar-refractivity contribution < 1.29 is 9.21 Å². The summed E-state index contributed by atoms with van der Waals surface area (Å²) in [6, 6.07) is 7.97. The molecule has 5 heteroatoms. The number of benzene rings is 1. The fourth-order valence-electron chi connectivity index (χ4n) is 4.31. The Morgan fingerprint density at radius 2 is 2.08 bits per heavy atom. The lowest BCUT2D eigenvalue weighted by Gasteiger charge is -2.35. The van der Waals surface area contributed by atoms with E-state index in [1.54, 1.807) is 0 Å². The molecule has 5 nitrogen and oxygen atoms in total. The standard InChI is InChI=1S/C20H27N3O2/c1-2-11-22-12-6-9-17(22)20(24)23-13-5-7-15(14-23)19-21-16-8-3-4-10-18(16)25-19/h3-4,8,10,15,17H,2,5-7,9,11-14H2,1H3/t15-,17+/m0/s1. The van der Waals surface area contributed by atoms with Gasteiger partial charge < -0.3 is 9.32 Å². The van der Waals surface area contributed by atoms with Crippen LogP contribution in [-0.4, -0.2) is 52.9 Å². The molecule has 1 amide bonds. The van der Waals surface area contributed by atoms with Gasteiger partial charge >= 0.3 is 0 Å². The molecule has 2 aromatic rings. The third-order valence-electron chi connectivity index (χ3n) is 5.55. The molecule has 3 heterocycles. The first kappa shape index (κ1) is 16.6. The minimum absolute atomic E-state index is 0.0855. The Labute approximate surface area is 149 Å². The zero-order valence-corrected chi connectivity index (χ0v) is 15.0. The van der Waals surface area contributed by atoms with E-state index >= 15 is 0 Å². The second kappa shape index (κ2) is 7.16. The Balaban J connectivity index is 1.47. The highest BCUT2D eigenvalue weighted by atomic mass is 16.3. The summed E-state index contributed by atoms with van der Waals surface area (Å²) in [5.74, 6) is 1.31. The predicted octanol–water partition coefficient (Wildman–Crippen LogP) is 3.41. The summed E-state index contributed by atoms with van der Waals surface area (Å²) < 4.78 is 5.96. The van der Waals surface area contributed by atoms with Gasteiger partial charge in [0.25, 0.3) is 0 Å². The van der Waals surface area contributed by atoms with Crippen LogP contribution in [0.1, 0.15) is 50.8 Å². The molecule has 2 saturated heterocycles. The van der Waals surface area contributed by atoms with Gasteiger partial charge in [-0.15, -0.1) is 0 Å². The quantitative estimate of drug-likeness (QED) is 0.855. The van der Waals surface area contributed by atoms with E-state index < -0.39 is 0 Å². The Kier molecular flexibility index (Phi) is 4.75. The van der Waals surface area contributed by atoms with Gasteiger partial charge in [-0.05, 0) is 57.3 Å². The Morgan fingerprint density at radius 3 is 2.92 bits per heavy atom. The van der Waals surface area contributed by atoms with Crippen LogP contribution in [0, 0.1) is 0 Å². The molecular weight excluding hydrogens is 314 g/mol. The van der Waals surface area contributed by atoms with Crippen LogP contribution in [0.2, 0.25) is 0 Å². The molecule has 2 fully saturated rings. The van der Waals surface area contributed by atoms with Crippen LogP contribution in [0.5, 0.6) is 0 Å². The molecule has 2 aliphatic heterocycles. The maximum absolute atomic E-state index is 13.1. The first-order valence-corrected chi connectivity index (χ1v) is 9.64. The molecule has 0 radical (unpaired) electrons. The van der Waals surface area contributed by atoms with Crippen molar-refractivity contribution in [2.24, 2.45) is 0 Å². The Morgan fingerprint density at radius 1 is 1.24 bits per heavy atom. The molecule has 0 bridgehead atoms. The number of fused-ring (bicyclic) bond motifs is 1. The smallest absolute Gasteiger partial charge is 0.239 e. The number of carbonyl (C=O) groups is 1. The molecular formula is C20H27N3O2. The highest BCUT2D eigenvalue weighted by Gasteiger charge is 2.36. The molecule has 2 atom stereocenters. The van der Waals surface area contributed by atoms with Crippen molar-refractivity contribution in [3.63, 3.8) is 0 Å². The largest absolute Gasteiger partial charge is 0.440 e. The van der Waals surface area contributed by atoms with Crippen LogP contribution >= 0.6 is 0 Å². The number of hydrogen-bond acceptors (Lipinski definition) is 4. The Bertz CT molecular complexity index is 708. The lowest BCUT2D eigenvalue weighted by molar-refractivity contribution is -0.137. The molecule has 1 aromatic heterocycles. The van der Waals surface area contributed by atoms with Crippen LogP contribution in [0.25, 0.3) is 11.1 Å². The van der Waals surface area contributed by atoms with Crippen LogP contribution in [0.15, 0.2) is 28.7 Å². The van der Waals surface area contributed by atoms with Crippen molar-refractivity contribution in [3.05, 3.63) is 30.2 Å². The summed E-state index contributed by atoms with van der Waals surface area (Å²) in [7, 11) is 0. The zero-order chi connectivity index (χ0) is 17.2. The molecule has 25 heavy (non-hydrogen) atoms. The minimum Gasteiger partial charge on any atom is -0.440 e. The number of para-hydroxylation sites is 2. The van der Waals surface area contributed by atoms with Gasteiger partial charge in [-0.2, -0.15) is 0 Å². The van der Waals surface area contributed by atoms with Crippen molar-refractivity contribution in [2.45, 2.75) is 51.0 Å². The minimum atomic E-state index is 0.0855. The summed E-state index contributed by atoms with van der Waals surface area (Å²) >= 11 is 0. The maximum Gasteiger partial charge on any atom is 0.239 e. The number of amides is 1. The number of nitrogens with zero attached hydrogens (tertiary/aromatic N) is 3. The van der Waals surface area contributed by atoms with Crippen LogP contribution in [0.3, 0.4) is 0 Å². The SMILES string of the molecule is CCCN1CCC[C@@H]1C(=O)N1CCC[C@H](c2nc3ccccc3o2)C1. The van der Waals surface area contributed by atoms with Gasteiger partial charge in [0.05, 0.1) is 12.0 Å². The van der Waals surface area contributed by atoms with E-state index in [0.29, 0.717) is 5.91 Å². The van der Waals surface area contributed by atoms with Gasteiger partial charge in [-0.25, -0.2) is 4.98 Å². The van der Waals surface area contributed by atoms with Gasteiger partial charge in [0.15, 0.2) is 11.5 Å². The number of aromatic nitrogens is 1. The number of rotatable bonds is 4. The van der Waals surface area contributed by atoms with E-state index in [2.05, 4.69) is 21.7 Å². The average molecular weight is 341 g/mol. The zero-order valence-electron chi connectivity index (χ0n) is 15.0. The number of hydrogen-bond donors (Lipinski definition) is 0. The van der Waals surface area contributed by atoms with E-state index in [4.69, 9.17) is 4.42 Å². The lowest BCUT2D eigenvalue weighted by atomic mass is 9.97. The van der Waals surface area contributed by atoms with Gasteiger partial charge in [-0.1, -0.05) is 19.1 Å². The molecule has 0 aliphatic carbocycles. The monoisotopic (exact) mass is 341 g/mol. The highest BCUT2D eigenvalue weighted by Crippen LogP contribution is 2.30. The fourth-order valence-corrected chi connectivity index (χ4v) is 4.31. The third-order valence-corrected chi connectivity index (χ3v) is 5.55. The number of carbonyl (C=O) groups excluding carboxylic acids is 1. The lowest BCUT2D eigenvalue weighted by Crippen LogP contribution is -2.49. The van der Waals surface area contributed by atoms with Crippen LogP contribution < -0.4 is 0 Å². The van der Waals surface area contributed by atoms with E-state index in [-0.39, 0.29) is 12.0 Å². The topological polar surface area (TPSA) is 49.6 Å². The average Bonchev–Trinajstić information content (AvgIpc) is 3.28. The maximum atomic E-state index is 13.1. The second-order valence-electron chi connectivity index (χ2n) is 7.34. The highest BCUT2D eigenvalue weighted by molar-refractivity contribution is 5.82. The van der Waals surface area contributed by atoms with Crippen molar-refractivity contribution in [1.29, 1.82) is 0 Å². The molecule has 0 saturated carbocycles. The number of piperidine rings is 1. The van der Waals surface area contributed by atoms with Crippen molar-refractivity contribution in [2.75, 3.05) is 26.2 Å². The molecule has 0 N–H and O–H groups in total. The third kappa shape index (κ3) is 3.30. The normalized spacial score (nSPS) is 24.9. The second-order valence-corrected chi connectivity index (χ2v) is 7.34. The van der Waals surface area contributed by atoms with Crippen LogP contribution in [-0.2, 0) is 4.79 Å². The number of likely N-dealkylation sites (tertiary alicyclic amines) is 2. The molecule has 2 aliphatic rings. The summed E-state index contributed by atoms with van der Waals surface area (Å²) in [4.78, 5) is 22.1. The summed E-state index contributed by atoms with van der Waals surface area (Å²) in [5, 5.41) is 0. The van der Waals surface area contributed by atoms with Gasteiger partial charge in [-0.3, -0.25) is 9.69 Å². The van der Waals surface area contributed by atoms with Gasteiger partial charge in [0, 0.05) is 13.1 Å². The van der Waals surface area contributed by atoms with Crippen molar-refractivity contribution in [3.8, 4) is 0 Å². The van der Waals surface area contributed by atoms with Crippen LogP contribution in [0.4, 0.5) is 0 Å². The fraction of sp³-hybridized carbons (Fsp3) is 0.600. The first-order chi connectivity index (χ1) is 12.3. The van der Waals surface area contributed by atoms with Gasteiger partial charge in [0.1, 0.15) is 5.52 Å². The molecule has 0 spiro atoms. The molecule has 0 unspecified atom stereocenters. The molecule has 4 rings (SSSR count). The summed E-state index contributed by atoms with van der Waals surface area (Å²) in [6.07, 6.45) is 5.31. The van der Waals surface area contributed by atoms with E-state index in [0.717, 1.165) is 75.3 Å². The first-order valence-electron chi connectivity index (χ1n) is 9.64. The number of oxazole rings is 1.